The van der Waals surface area contributed by atoms with Crippen LogP contribution in [0.1, 0.15) is 27.3 Å². The molecule has 0 bridgehead atoms. The van der Waals surface area contributed by atoms with Crippen molar-refractivity contribution in [1.82, 2.24) is 20.2 Å². The van der Waals surface area contributed by atoms with Crippen LogP contribution in [0, 0.1) is 0 Å². The number of nitrogens with one attached hydrogen (secondary N) is 2. The fraction of sp³-hybridized carbons (Fsp3) is 0.429. The molecule has 1 amide bonds. The lowest BCUT2D eigenvalue weighted by Crippen LogP contribution is -2.29. The minimum atomic E-state index is -0.157. The largest absolute Gasteiger partial charge is 0.374 e. The Morgan fingerprint density at radius 2 is 2.57 bits per heavy atom. The summed E-state index contributed by atoms with van der Waals surface area (Å²) < 4.78 is 7.45. The number of imidazole rings is 1. The number of amides is 1. The first kappa shape index (κ1) is 14.2. The van der Waals surface area contributed by atoms with Crippen molar-refractivity contribution < 1.29 is 9.53 Å². The summed E-state index contributed by atoms with van der Waals surface area (Å²) in [6.07, 6.45) is 1.70. The van der Waals surface area contributed by atoms with E-state index >= 15 is 0 Å². The van der Waals surface area contributed by atoms with Crippen LogP contribution in [0.15, 0.2) is 23.7 Å². The van der Waals surface area contributed by atoms with Crippen LogP contribution in [0.25, 0.3) is 0 Å². The van der Waals surface area contributed by atoms with Crippen LogP contribution < -0.4 is 10.6 Å². The van der Waals surface area contributed by atoms with Crippen molar-refractivity contribution in [2.24, 2.45) is 0 Å². The molecule has 3 rings (SSSR count). The molecule has 112 valence electrons. The third kappa shape index (κ3) is 3.15. The molecule has 3 heterocycles. The molecule has 0 spiro atoms. The molecule has 21 heavy (non-hydrogen) atoms. The van der Waals surface area contributed by atoms with Crippen LogP contribution in [0.2, 0.25) is 0 Å². The van der Waals surface area contributed by atoms with Crippen LogP contribution in [0.3, 0.4) is 0 Å². The molecule has 0 fully saturated rings. The molecule has 0 unspecified atom stereocenters. The molecule has 1 aliphatic rings. The molecule has 0 aliphatic carbocycles. The number of hydrogen-bond donors (Lipinski definition) is 2. The number of carbonyl (C=O) groups is 1. The monoisotopic (exact) mass is 306 g/mol. The van der Waals surface area contributed by atoms with Gasteiger partial charge in [-0.05, 0) is 11.4 Å². The normalized spacial score (nSPS) is 15.5. The first-order chi connectivity index (χ1) is 10.3. The summed E-state index contributed by atoms with van der Waals surface area (Å²) in [6.45, 7) is 2.92. The van der Waals surface area contributed by atoms with Gasteiger partial charge in [0, 0.05) is 37.8 Å². The molecule has 1 atom stereocenters. The van der Waals surface area contributed by atoms with Crippen molar-refractivity contribution in [3.63, 3.8) is 0 Å². The second kappa shape index (κ2) is 6.38. The molecule has 0 aromatic carbocycles. The summed E-state index contributed by atoms with van der Waals surface area (Å²) in [7, 11) is 1.65. The van der Waals surface area contributed by atoms with E-state index in [0.29, 0.717) is 18.8 Å². The van der Waals surface area contributed by atoms with Gasteiger partial charge in [0.1, 0.15) is 17.6 Å². The Morgan fingerprint density at radius 1 is 1.67 bits per heavy atom. The Bertz CT molecular complexity index is 585. The smallest absolute Gasteiger partial charge is 0.271 e. The topological polar surface area (TPSA) is 68.2 Å². The Balaban J connectivity index is 1.62. The molecule has 0 saturated heterocycles. The highest BCUT2D eigenvalue weighted by atomic mass is 32.1. The fourth-order valence-corrected chi connectivity index (χ4v) is 3.15. The van der Waals surface area contributed by atoms with E-state index in [1.54, 1.807) is 18.4 Å². The standard InChI is InChI=1S/C14H18N4O2S/c1-20-11(12-3-2-6-21-12)7-16-14(19)10-9-18-5-4-15-8-13(18)17-10/h2-3,6,9,11,15H,4-5,7-8H2,1H3,(H,16,19)/t11-/m1/s1. The Labute approximate surface area is 127 Å². The zero-order valence-corrected chi connectivity index (χ0v) is 12.7. The number of rotatable bonds is 5. The number of aromatic nitrogens is 2. The number of hydrogen-bond acceptors (Lipinski definition) is 5. The maximum Gasteiger partial charge on any atom is 0.271 e. The number of nitrogens with zero attached hydrogens (tertiary/aromatic N) is 2. The molecule has 0 radical (unpaired) electrons. The molecular weight excluding hydrogens is 288 g/mol. The molecule has 6 nitrogen and oxygen atoms in total. The highest BCUT2D eigenvalue weighted by Crippen LogP contribution is 2.21. The van der Waals surface area contributed by atoms with Gasteiger partial charge in [0.2, 0.25) is 0 Å². The number of carbonyl (C=O) groups excluding carboxylic acids is 1. The summed E-state index contributed by atoms with van der Waals surface area (Å²) in [6, 6.07) is 3.98. The van der Waals surface area contributed by atoms with Crippen molar-refractivity contribution in [2.75, 3.05) is 20.2 Å². The van der Waals surface area contributed by atoms with Crippen molar-refractivity contribution in [1.29, 1.82) is 0 Å². The molecule has 2 aromatic rings. The van der Waals surface area contributed by atoms with E-state index in [4.69, 9.17) is 4.74 Å². The van der Waals surface area contributed by atoms with Crippen molar-refractivity contribution in [2.45, 2.75) is 19.2 Å². The predicted octanol–water partition coefficient (Wildman–Crippen LogP) is 1.17. The van der Waals surface area contributed by atoms with Gasteiger partial charge in [-0.15, -0.1) is 11.3 Å². The summed E-state index contributed by atoms with van der Waals surface area (Å²) in [4.78, 5) is 17.7. The van der Waals surface area contributed by atoms with E-state index < -0.39 is 0 Å². The van der Waals surface area contributed by atoms with Gasteiger partial charge < -0.3 is 19.9 Å². The van der Waals surface area contributed by atoms with E-state index in [1.165, 1.54) is 0 Å². The van der Waals surface area contributed by atoms with Gasteiger partial charge in [-0.25, -0.2) is 4.98 Å². The van der Waals surface area contributed by atoms with Gasteiger partial charge in [0.25, 0.3) is 5.91 Å². The lowest BCUT2D eigenvalue weighted by Gasteiger charge is -2.13. The van der Waals surface area contributed by atoms with E-state index in [0.717, 1.165) is 23.8 Å². The zero-order valence-electron chi connectivity index (χ0n) is 11.8. The average Bonchev–Trinajstić information content (AvgIpc) is 3.16. The van der Waals surface area contributed by atoms with Gasteiger partial charge in [0.05, 0.1) is 6.54 Å². The Morgan fingerprint density at radius 3 is 3.29 bits per heavy atom. The van der Waals surface area contributed by atoms with Crippen molar-refractivity contribution in [3.05, 3.63) is 40.1 Å². The van der Waals surface area contributed by atoms with Crippen molar-refractivity contribution >= 4 is 17.2 Å². The van der Waals surface area contributed by atoms with Gasteiger partial charge in [-0.3, -0.25) is 4.79 Å². The summed E-state index contributed by atoms with van der Waals surface area (Å²) in [5.41, 5.74) is 0.467. The molecule has 2 aromatic heterocycles. The zero-order chi connectivity index (χ0) is 14.7. The highest BCUT2D eigenvalue weighted by molar-refractivity contribution is 7.10. The first-order valence-electron chi connectivity index (χ1n) is 6.89. The summed E-state index contributed by atoms with van der Waals surface area (Å²) >= 11 is 1.62. The molecule has 7 heteroatoms. The Kier molecular flexibility index (Phi) is 4.33. The molecule has 1 aliphatic heterocycles. The number of thiophene rings is 1. The SMILES string of the molecule is CO[C@H](CNC(=O)c1cn2c(n1)CNCC2)c1cccs1. The molecule has 2 N–H and O–H groups in total. The van der Waals surface area contributed by atoms with Crippen molar-refractivity contribution in [3.8, 4) is 0 Å². The van der Waals surface area contributed by atoms with Crippen LogP contribution in [-0.2, 0) is 17.8 Å². The first-order valence-corrected chi connectivity index (χ1v) is 7.77. The maximum atomic E-state index is 12.2. The van der Waals surface area contributed by atoms with Crippen LogP contribution >= 0.6 is 11.3 Å². The molecule has 0 saturated carbocycles. The van der Waals surface area contributed by atoms with Gasteiger partial charge >= 0.3 is 0 Å². The maximum absolute atomic E-state index is 12.2. The lowest BCUT2D eigenvalue weighted by atomic mass is 10.3. The lowest BCUT2D eigenvalue weighted by molar-refractivity contribution is 0.0834. The van der Waals surface area contributed by atoms with E-state index in [1.807, 2.05) is 28.3 Å². The number of methoxy groups -OCH3 is 1. The Hall–Kier alpha value is -1.70. The predicted molar refractivity (Wildman–Crippen MR) is 80.3 cm³/mol. The van der Waals surface area contributed by atoms with Crippen LogP contribution in [0.4, 0.5) is 0 Å². The third-order valence-corrected chi connectivity index (χ3v) is 4.46. The minimum absolute atomic E-state index is 0.118. The van der Waals surface area contributed by atoms with E-state index in [9.17, 15) is 4.79 Å². The second-order valence-corrected chi connectivity index (χ2v) is 5.84. The fourth-order valence-electron chi connectivity index (χ4n) is 2.35. The van der Waals surface area contributed by atoms with E-state index in [-0.39, 0.29) is 12.0 Å². The molecular formula is C14H18N4O2S. The van der Waals surface area contributed by atoms with Gasteiger partial charge in [0.15, 0.2) is 0 Å². The third-order valence-electron chi connectivity index (χ3n) is 3.50. The van der Waals surface area contributed by atoms with Gasteiger partial charge in [-0.2, -0.15) is 0 Å². The van der Waals surface area contributed by atoms with Crippen LogP contribution in [-0.4, -0.2) is 35.7 Å². The number of ether oxygens (including phenoxy) is 1. The summed E-state index contributed by atoms with van der Waals surface area (Å²) in [5.74, 6) is 0.753. The summed E-state index contributed by atoms with van der Waals surface area (Å²) in [5, 5.41) is 8.13. The number of fused-ring (bicyclic) bond motifs is 1. The quantitative estimate of drug-likeness (QED) is 0.870. The average molecular weight is 306 g/mol. The van der Waals surface area contributed by atoms with Gasteiger partial charge in [-0.1, -0.05) is 6.07 Å². The second-order valence-electron chi connectivity index (χ2n) is 4.86. The van der Waals surface area contributed by atoms with Crippen LogP contribution in [0.5, 0.6) is 0 Å². The highest BCUT2D eigenvalue weighted by Gasteiger charge is 2.18. The van der Waals surface area contributed by atoms with E-state index in [2.05, 4.69) is 15.6 Å². The minimum Gasteiger partial charge on any atom is -0.374 e.